The molecule has 0 bridgehead atoms. The number of phenolic OH excluding ortho intramolecular Hbond substituents is 1. The molecular weight excluding hydrogens is 402 g/mol. The minimum Gasteiger partial charge on any atom is -0.508 e. The lowest BCUT2D eigenvalue weighted by Crippen LogP contribution is -2.38. The number of phenols is 1. The van der Waals surface area contributed by atoms with Gasteiger partial charge in [-0.1, -0.05) is 30.7 Å². The first-order valence-corrected chi connectivity index (χ1v) is 11.6. The summed E-state index contributed by atoms with van der Waals surface area (Å²) in [5.41, 5.74) is 9.21. The molecule has 1 aromatic heterocycles. The lowest BCUT2D eigenvalue weighted by Gasteiger charge is -2.32. The molecule has 2 aliphatic rings. The number of aromatic nitrogens is 2. The molecule has 3 aromatic rings. The van der Waals surface area contributed by atoms with Crippen LogP contribution in [0, 0.1) is 0 Å². The van der Waals surface area contributed by atoms with Crippen LogP contribution >= 0.6 is 0 Å². The number of rotatable bonds is 5. The van der Waals surface area contributed by atoms with Crippen molar-refractivity contribution in [3.63, 3.8) is 0 Å². The average molecular weight is 434 g/mol. The Morgan fingerprint density at radius 2 is 1.91 bits per heavy atom. The number of fused-ring (bicyclic) bond motifs is 2. The normalized spacial score (nSPS) is 17.8. The van der Waals surface area contributed by atoms with Crippen molar-refractivity contribution in [1.29, 1.82) is 0 Å². The highest BCUT2D eigenvalue weighted by atomic mass is 16.5. The maximum atomic E-state index is 10.3. The highest BCUT2D eigenvalue weighted by Gasteiger charge is 2.24. The van der Waals surface area contributed by atoms with Crippen molar-refractivity contribution in [3.8, 4) is 11.8 Å². The van der Waals surface area contributed by atoms with Gasteiger partial charge in [0.05, 0.1) is 12.2 Å². The Kier molecular flexibility index (Phi) is 5.74. The van der Waals surface area contributed by atoms with Crippen molar-refractivity contribution in [1.82, 2.24) is 14.9 Å². The SMILES string of the molecule is C[C@H](CN1CCCCC1)Oc1nc(N)c2c(n1)CN(c1cc(O)cc3ccccc13)CC2. The fourth-order valence-electron chi connectivity index (χ4n) is 4.95. The topological polar surface area (TPSA) is 87.7 Å². The van der Waals surface area contributed by atoms with Gasteiger partial charge in [-0.25, -0.2) is 0 Å². The second-order valence-corrected chi connectivity index (χ2v) is 8.96. The van der Waals surface area contributed by atoms with Gasteiger partial charge in [-0.2, -0.15) is 9.97 Å². The predicted octanol–water partition coefficient (Wildman–Crippen LogP) is 3.73. The number of anilines is 2. The fraction of sp³-hybridized carbons (Fsp3) is 0.440. The van der Waals surface area contributed by atoms with Gasteiger partial charge in [0.15, 0.2) is 0 Å². The third-order valence-corrected chi connectivity index (χ3v) is 6.51. The summed E-state index contributed by atoms with van der Waals surface area (Å²) in [6.07, 6.45) is 4.60. The Bertz CT molecular complexity index is 1110. The van der Waals surface area contributed by atoms with E-state index >= 15 is 0 Å². The maximum absolute atomic E-state index is 10.3. The second-order valence-electron chi connectivity index (χ2n) is 8.96. The average Bonchev–Trinajstić information content (AvgIpc) is 2.78. The van der Waals surface area contributed by atoms with Crippen LogP contribution in [0.2, 0.25) is 0 Å². The maximum Gasteiger partial charge on any atom is 0.318 e. The van der Waals surface area contributed by atoms with Gasteiger partial charge in [0.25, 0.3) is 0 Å². The van der Waals surface area contributed by atoms with Crippen molar-refractivity contribution in [2.75, 3.05) is 36.8 Å². The molecule has 2 aliphatic heterocycles. The minimum absolute atomic E-state index is 0.000239. The Hall–Kier alpha value is -3.06. The number of nitrogens with two attached hydrogens (primary N) is 1. The zero-order chi connectivity index (χ0) is 22.1. The molecule has 0 unspecified atom stereocenters. The summed E-state index contributed by atoms with van der Waals surface area (Å²) >= 11 is 0. The fourth-order valence-corrected chi connectivity index (χ4v) is 4.95. The minimum atomic E-state index is 0.000239. The van der Waals surface area contributed by atoms with Gasteiger partial charge < -0.3 is 20.5 Å². The highest BCUT2D eigenvalue weighted by molar-refractivity contribution is 5.95. The molecule has 0 spiro atoms. The lowest BCUT2D eigenvalue weighted by atomic mass is 10.0. The smallest absolute Gasteiger partial charge is 0.318 e. The molecule has 7 nitrogen and oxygen atoms in total. The molecule has 0 radical (unpaired) electrons. The Balaban J connectivity index is 1.37. The number of hydrogen-bond acceptors (Lipinski definition) is 7. The van der Waals surface area contributed by atoms with Crippen LogP contribution in [-0.4, -0.2) is 52.3 Å². The van der Waals surface area contributed by atoms with E-state index in [-0.39, 0.29) is 11.9 Å². The number of benzene rings is 2. The quantitative estimate of drug-likeness (QED) is 0.634. The molecule has 0 saturated carbocycles. The molecule has 1 saturated heterocycles. The summed E-state index contributed by atoms with van der Waals surface area (Å²) in [5.74, 6) is 0.776. The van der Waals surface area contributed by atoms with E-state index in [1.807, 2.05) is 24.3 Å². The molecule has 3 N–H and O–H groups in total. The zero-order valence-corrected chi connectivity index (χ0v) is 18.6. The van der Waals surface area contributed by atoms with Crippen molar-refractivity contribution in [2.24, 2.45) is 0 Å². The van der Waals surface area contributed by atoms with Gasteiger partial charge in [0, 0.05) is 35.8 Å². The molecule has 0 amide bonds. The molecule has 168 valence electrons. The summed E-state index contributed by atoms with van der Waals surface area (Å²) in [7, 11) is 0. The summed E-state index contributed by atoms with van der Waals surface area (Å²) in [4.78, 5) is 13.9. The van der Waals surface area contributed by atoms with Gasteiger partial charge >= 0.3 is 6.01 Å². The largest absolute Gasteiger partial charge is 0.508 e. The van der Waals surface area contributed by atoms with E-state index in [9.17, 15) is 5.11 Å². The van der Waals surface area contributed by atoms with E-state index in [2.05, 4.69) is 27.8 Å². The molecule has 5 rings (SSSR count). The van der Waals surface area contributed by atoms with Crippen LogP contribution in [0.15, 0.2) is 36.4 Å². The van der Waals surface area contributed by atoms with Gasteiger partial charge in [-0.15, -0.1) is 0 Å². The first-order chi connectivity index (χ1) is 15.6. The van der Waals surface area contributed by atoms with E-state index in [0.717, 1.165) is 60.3 Å². The standard InChI is InChI=1S/C25H31N5O2/c1-17(15-29-10-5-2-6-11-29)32-25-27-22-16-30(12-9-21(22)24(26)28-25)23-14-19(31)13-18-7-3-4-8-20(18)23/h3-4,7-8,13-14,17,31H,2,5-6,9-12,15-16H2,1H3,(H2,26,27,28)/t17-/m1/s1. The van der Waals surface area contributed by atoms with E-state index in [4.69, 9.17) is 15.5 Å². The number of nitrogens with zero attached hydrogens (tertiary/aromatic N) is 4. The van der Waals surface area contributed by atoms with E-state index in [1.54, 1.807) is 6.07 Å². The molecule has 1 fully saturated rings. The molecule has 1 atom stereocenters. The second kappa shape index (κ2) is 8.82. The van der Waals surface area contributed by atoms with Crippen LogP contribution in [-0.2, 0) is 13.0 Å². The zero-order valence-electron chi connectivity index (χ0n) is 18.6. The van der Waals surface area contributed by atoms with E-state index in [0.29, 0.717) is 18.4 Å². The van der Waals surface area contributed by atoms with E-state index in [1.165, 1.54) is 19.3 Å². The van der Waals surface area contributed by atoms with Crippen molar-refractivity contribution < 1.29 is 9.84 Å². The van der Waals surface area contributed by atoms with Gasteiger partial charge in [0.2, 0.25) is 0 Å². The predicted molar refractivity (Wildman–Crippen MR) is 127 cm³/mol. The molecule has 32 heavy (non-hydrogen) atoms. The first kappa shape index (κ1) is 20.8. The van der Waals surface area contributed by atoms with Gasteiger partial charge in [-0.3, -0.25) is 4.90 Å². The molecule has 3 heterocycles. The summed E-state index contributed by atoms with van der Waals surface area (Å²) in [6, 6.07) is 12.1. The summed E-state index contributed by atoms with van der Waals surface area (Å²) in [5, 5.41) is 12.4. The van der Waals surface area contributed by atoms with Crippen LogP contribution < -0.4 is 15.4 Å². The molecule has 0 aliphatic carbocycles. The van der Waals surface area contributed by atoms with E-state index < -0.39 is 0 Å². The summed E-state index contributed by atoms with van der Waals surface area (Å²) < 4.78 is 6.09. The number of aromatic hydroxyl groups is 1. The monoisotopic (exact) mass is 433 g/mol. The molecule has 2 aromatic carbocycles. The van der Waals surface area contributed by atoms with Gasteiger partial charge in [-0.05, 0) is 50.7 Å². The molecule has 7 heteroatoms. The van der Waals surface area contributed by atoms with Crippen molar-refractivity contribution in [3.05, 3.63) is 47.7 Å². The van der Waals surface area contributed by atoms with Crippen LogP contribution in [0.25, 0.3) is 10.8 Å². The third-order valence-electron chi connectivity index (χ3n) is 6.51. The van der Waals surface area contributed by atoms with Crippen LogP contribution in [0.5, 0.6) is 11.8 Å². The van der Waals surface area contributed by atoms with Crippen molar-refractivity contribution >= 4 is 22.3 Å². The van der Waals surface area contributed by atoms with Crippen molar-refractivity contribution in [2.45, 2.75) is 45.3 Å². The Morgan fingerprint density at radius 1 is 1.09 bits per heavy atom. The van der Waals surface area contributed by atoms with Crippen LogP contribution in [0.1, 0.15) is 37.4 Å². The summed E-state index contributed by atoms with van der Waals surface area (Å²) in [6.45, 7) is 6.61. The third kappa shape index (κ3) is 4.30. The highest BCUT2D eigenvalue weighted by Crippen LogP contribution is 2.35. The molecular formula is C25H31N5O2. The van der Waals surface area contributed by atoms with Gasteiger partial charge in [0.1, 0.15) is 17.7 Å². The van der Waals surface area contributed by atoms with Crippen LogP contribution in [0.3, 0.4) is 0 Å². The number of nitrogen functional groups attached to an aromatic ring is 1. The first-order valence-electron chi connectivity index (χ1n) is 11.6. The lowest BCUT2D eigenvalue weighted by molar-refractivity contribution is 0.122. The number of hydrogen-bond donors (Lipinski definition) is 2. The van der Waals surface area contributed by atoms with Crippen LogP contribution in [0.4, 0.5) is 11.5 Å². The Morgan fingerprint density at radius 3 is 2.75 bits per heavy atom. The number of likely N-dealkylation sites (tertiary alicyclic amines) is 1. The number of piperidine rings is 1. The number of ether oxygens (including phenoxy) is 1. The Labute approximate surface area is 188 Å².